The van der Waals surface area contributed by atoms with Gasteiger partial charge in [0.05, 0.1) is 5.75 Å². The molecule has 7 nitrogen and oxygen atoms in total. The highest BCUT2D eigenvalue weighted by atomic mass is 32.2. The lowest BCUT2D eigenvalue weighted by Gasteiger charge is -2.12. The van der Waals surface area contributed by atoms with Crippen LogP contribution in [0.4, 0.5) is 11.4 Å². The number of carbonyl (C=O) groups is 2. The van der Waals surface area contributed by atoms with Gasteiger partial charge in [0.25, 0.3) is 0 Å². The van der Waals surface area contributed by atoms with Crippen LogP contribution in [0.3, 0.4) is 0 Å². The molecule has 3 N–H and O–H groups in total. The molecule has 1 fully saturated rings. The SMILES string of the molecule is CCCCS(=O)(=O)Nc1ccc(NC(=O)C2(C(=O)O)CC2)cc1. The van der Waals surface area contributed by atoms with E-state index in [4.69, 9.17) is 5.11 Å². The van der Waals surface area contributed by atoms with Crippen molar-refractivity contribution in [3.63, 3.8) is 0 Å². The maximum absolute atomic E-state index is 12.0. The Kier molecular flexibility index (Phi) is 4.93. The highest BCUT2D eigenvalue weighted by Crippen LogP contribution is 2.46. The Balaban J connectivity index is 1.97. The van der Waals surface area contributed by atoms with E-state index >= 15 is 0 Å². The van der Waals surface area contributed by atoms with Gasteiger partial charge in [0.15, 0.2) is 0 Å². The minimum absolute atomic E-state index is 0.0586. The van der Waals surface area contributed by atoms with E-state index in [0.717, 1.165) is 6.42 Å². The number of carboxylic acid groups (broad SMARTS) is 1. The third kappa shape index (κ3) is 4.22. The van der Waals surface area contributed by atoms with Crippen LogP contribution in [-0.2, 0) is 19.6 Å². The third-order valence-electron chi connectivity index (χ3n) is 3.78. The number of unbranched alkanes of at least 4 members (excludes halogenated alkanes) is 1. The minimum Gasteiger partial charge on any atom is -0.480 e. The zero-order chi connectivity index (χ0) is 17.1. The smallest absolute Gasteiger partial charge is 0.319 e. The summed E-state index contributed by atoms with van der Waals surface area (Å²) < 4.78 is 26.0. The summed E-state index contributed by atoms with van der Waals surface area (Å²) in [6, 6.07) is 6.12. The number of amides is 1. The fourth-order valence-corrected chi connectivity index (χ4v) is 3.37. The number of rotatable bonds is 8. The number of carbonyl (C=O) groups excluding carboxylic acids is 1. The van der Waals surface area contributed by atoms with Crippen molar-refractivity contribution >= 4 is 33.3 Å². The molecule has 0 atom stereocenters. The molecule has 0 radical (unpaired) electrons. The Hall–Kier alpha value is -2.09. The van der Waals surface area contributed by atoms with E-state index < -0.39 is 27.3 Å². The Morgan fingerprint density at radius 3 is 2.22 bits per heavy atom. The molecule has 1 aliphatic carbocycles. The van der Waals surface area contributed by atoms with Crippen LogP contribution in [0.5, 0.6) is 0 Å². The monoisotopic (exact) mass is 340 g/mol. The molecule has 0 aromatic heterocycles. The number of aliphatic carboxylic acids is 1. The molecular weight excluding hydrogens is 320 g/mol. The normalized spacial score (nSPS) is 15.7. The van der Waals surface area contributed by atoms with Gasteiger partial charge in [0.1, 0.15) is 5.41 Å². The number of hydrogen-bond donors (Lipinski definition) is 3. The predicted molar refractivity (Wildman–Crippen MR) is 86.7 cm³/mol. The first-order chi connectivity index (χ1) is 10.8. The maximum atomic E-state index is 12.0. The fraction of sp³-hybridized carbons (Fsp3) is 0.467. The highest BCUT2D eigenvalue weighted by molar-refractivity contribution is 7.92. The molecule has 1 amide bonds. The van der Waals surface area contributed by atoms with E-state index in [-0.39, 0.29) is 5.75 Å². The van der Waals surface area contributed by atoms with Crippen molar-refractivity contribution in [2.45, 2.75) is 32.6 Å². The molecule has 23 heavy (non-hydrogen) atoms. The molecule has 1 aromatic carbocycles. The Bertz CT molecular complexity index is 693. The van der Waals surface area contributed by atoms with Gasteiger partial charge in [-0.3, -0.25) is 14.3 Å². The summed E-state index contributed by atoms with van der Waals surface area (Å²) >= 11 is 0. The van der Waals surface area contributed by atoms with Crippen LogP contribution in [0.25, 0.3) is 0 Å². The van der Waals surface area contributed by atoms with E-state index in [1.807, 2.05) is 6.92 Å². The van der Waals surface area contributed by atoms with Gasteiger partial charge >= 0.3 is 5.97 Å². The molecule has 1 aromatic rings. The third-order valence-corrected chi connectivity index (χ3v) is 5.15. The lowest BCUT2D eigenvalue weighted by molar-refractivity contribution is -0.147. The molecular formula is C15H20N2O5S. The molecule has 8 heteroatoms. The van der Waals surface area contributed by atoms with Crippen LogP contribution in [0, 0.1) is 5.41 Å². The highest BCUT2D eigenvalue weighted by Gasteiger charge is 2.57. The summed E-state index contributed by atoms with van der Waals surface area (Å²) in [5.74, 6) is -1.60. The van der Waals surface area contributed by atoms with Crippen LogP contribution in [0.2, 0.25) is 0 Å². The molecule has 126 valence electrons. The van der Waals surface area contributed by atoms with Crippen molar-refractivity contribution < 1.29 is 23.1 Å². The summed E-state index contributed by atoms with van der Waals surface area (Å²) in [6.45, 7) is 1.91. The summed E-state index contributed by atoms with van der Waals surface area (Å²) in [5, 5.41) is 11.6. The second kappa shape index (κ2) is 6.57. The number of benzene rings is 1. The van der Waals surface area contributed by atoms with Gasteiger partial charge in [-0.2, -0.15) is 0 Å². The second-order valence-electron chi connectivity index (χ2n) is 5.69. The molecule has 0 heterocycles. The van der Waals surface area contributed by atoms with Crippen LogP contribution in [0.15, 0.2) is 24.3 Å². The zero-order valence-electron chi connectivity index (χ0n) is 12.8. The van der Waals surface area contributed by atoms with Crippen LogP contribution in [0.1, 0.15) is 32.6 Å². The molecule has 2 rings (SSSR count). The van der Waals surface area contributed by atoms with Gasteiger partial charge in [-0.15, -0.1) is 0 Å². The van der Waals surface area contributed by atoms with Gasteiger partial charge in [0.2, 0.25) is 15.9 Å². The van der Waals surface area contributed by atoms with E-state index in [1.54, 1.807) is 0 Å². The number of hydrogen-bond acceptors (Lipinski definition) is 4. The van der Waals surface area contributed by atoms with Crippen molar-refractivity contribution in [1.82, 2.24) is 0 Å². The lowest BCUT2D eigenvalue weighted by atomic mass is 10.1. The summed E-state index contributed by atoms with van der Waals surface area (Å²) in [5.41, 5.74) is -0.474. The number of sulfonamides is 1. The number of anilines is 2. The summed E-state index contributed by atoms with van der Waals surface area (Å²) in [4.78, 5) is 23.0. The zero-order valence-corrected chi connectivity index (χ0v) is 13.6. The van der Waals surface area contributed by atoms with Gasteiger partial charge in [-0.05, 0) is 43.5 Å². The van der Waals surface area contributed by atoms with Crippen molar-refractivity contribution in [1.29, 1.82) is 0 Å². The molecule has 0 bridgehead atoms. The van der Waals surface area contributed by atoms with Gasteiger partial charge in [-0.25, -0.2) is 8.42 Å². The topological polar surface area (TPSA) is 113 Å². The summed E-state index contributed by atoms with van der Waals surface area (Å²) in [6.07, 6.45) is 2.05. The molecule has 0 saturated heterocycles. The van der Waals surface area contributed by atoms with Crippen LogP contribution < -0.4 is 10.0 Å². The largest absolute Gasteiger partial charge is 0.480 e. The molecule has 1 aliphatic rings. The molecule has 0 aliphatic heterocycles. The van der Waals surface area contributed by atoms with Gasteiger partial charge in [-0.1, -0.05) is 13.3 Å². The van der Waals surface area contributed by atoms with Gasteiger partial charge in [0, 0.05) is 11.4 Å². The van der Waals surface area contributed by atoms with E-state index in [1.165, 1.54) is 24.3 Å². The van der Waals surface area contributed by atoms with Crippen LogP contribution in [-0.4, -0.2) is 31.2 Å². The van der Waals surface area contributed by atoms with Gasteiger partial charge < -0.3 is 10.4 Å². The Morgan fingerprint density at radius 1 is 1.17 bits per heavy atom. The van der Waals surface area contributed by atoms with E-state index in [9.17, 15) is 18.0 Å². The van der Waals surface area contributed by atoms with Crippen LogP contribution >= 0.6 is 0 Å². The first-order valence-electron chi connectivity index (χ1n) is 7.44. The van der Waals surface area contributed by atoms with Crippen molar-refractivity contribution in [3.8, 4) is 0 Å². The van der Waals surface area contributed by atoms with Crippen molar-refractivity contribution in [2.24, 2.45) is 5.41 Å². The molecule has 1 saturated carbocycles. The maximum Gasteiger partial charge on any atom is 0.319 e. The fourth-order valence-electron chi connectivity index (χ4n) is 2.10. The minimum atomic E-state index is -3.37. The first-order valence-corrected chi connectivity index (χ1v) is 9.10. The number of nitrogens with one attached hydrogen (secondary N) is 2. The van der Waals surface area contributed by atoms with Crippen molar-refractivity contribution in [3.05, 3.63) is 24.3 Å². The second-order valence-corrected chi connectivity index (χ2v) is 7.54. The molecule has 0 spiro atoms. The number of carboxylic acids is 1. The van der Waals surface area contributed by atoms with E-state index in [2.05, 4.69) is 10.0 Å². The van der Waals surface area contributed by atoms with E-state index in [0.29, 0.717) is 30.6 Å². The Morgan fingerprint density at radius 2 is 1.74 bits per heavy atom. The standard InChI is InChI=1S/C15H20N2O5S/c1-2-3-10-23(21,22)17-12-6-4-11(5-7-12)16-13(18)15(8-9-15)14(19)20/h4-7,17H,2-3,8-10H2,1H3,(H,16,18)(H,19,20). The average molecular weight is 340 g/mol. The lowest BCUT2D eigenvalue weighted by Crippen LogP contribution is -2.31. The quantitative estimate of drug-likeness (QED) is 0.627. The Labute approximate surface area is 135 Å². The first kappa shape index (κ1) is 17.3. The molecule has 0 unspecified atom stereocenters. The van der Waals surface area contributed by atoms with Crippen molar-refractivity contribution in [2.75, 3.05) is 15.8 Å². The summed E-state index contributed by atoms with van der Waals surface area (Å²) in [7, 11) is -3.37. The average Bonchev–Trinajstić information content (AvgIpc) is 3.29. The predicted octanol–water partition coefficient (Wildman–Crippen LogP) is 2.03.